The van der Waals surface area contributed by atoms with Crippen molar-refractivity contribution in [1.82, 2.24) is 19.6 Å². The topological polar surface area (TPSA) is 52.7 Å². The van der Waals surface area contributed by atoms with E-state index in [9.17, 15) is 18.0 Å². The summed E-state index contributed by atoms with van der Waals surface area (Å²) in [6, 6.07) is 1.83. The van der Waals surface area contributed by atoms with Gasteiger partial charge in [-0.2, -0.15) is 23.4 Å². The number of carbonyl (C=O) groups excluding carboxylic acids is 1. The highest BCUT2D eigenvalue weighted by Gasteiger charge is 2.39. The van der Waals surface area contributed by atoms with Crippen LogP contribution in [-0.4, -0.2) is 31.5 Å². The van der Waals surface area contributed by atoms with Crippen molar-refractivity contribution in [2.75, 3.05) is 0 Å². The summed E-state index contributed by atoms with van der Waals surface area (Å²) in [5, 5.41) is 8.02. The van der Waals surface area contributed by atoms with Gasteiger partial charge in [-0.1, -0.05) is 0 Å². The maximum atomic E-state index is 12.3. The van der Waals surface area contributed by atoms with Crippen LogP contribution < -0.4 is 0 Å². The molecule has 0 N–H and O–H groups in total. The number of nitrogens with zero attached hydrogens (tertiary/aromatic N) is 4. The molecule has 0 aliphatic rings. The fourth-order valence-corrected chi connectivity index (χ4v) is 1.90. The fraction of sp³-hybridized carbons (Fsp3) is 0.417. The van der Waals surface area contributed by atoms with Gasteiger partial charge < -0.3 is 0 Å². The first-order valence-corrected chi connectivity index (χ1v) is 5.98. The number of halogens is 3. The van der Waals surface area contributed by atoms with Gasteiger partial charge in [-0.25, -0.2) is 0 Å². The molecule has 2 aromatic heterocycles. The van der Waals surface area contributed by atoms with Crippen LogP contribution in [0.3, 0.4) is 0 Å². The molecular weight excluding hydrogens is 273 g/mol. The van der Waals surface area contributed by atoms with Crippen molar-refractivity contribution in [2.24, 2.45) is 0 Å². The molecule has 5 nitrogen and oxygen atoms in total. The number of hydrogen-bond donors (Lipinski definition) is 0. The van der Waals surface area contributed by atoms with Crippen molar-refractivity contribution in [3.05, 3.63) is 35.4 Å². The van der Waals surface area contributed by atoms with Crippen LogP contribution in [-0.2, 0) is 13.1 Å². The van der Waals surface area contributed by atoms with Gasteiger partial charge in [-0.3, -0.25) is 14.2 Å². The zero-order valence-corrected chi connectivity index (χ0v) is 11.0. The van der Waals surface area contributed by atoms with Crippen molar-refractivity contribution in [3.8, 4) is 0 Å². The highest BCUT2D eigenvalue weighted by atomic mass is 19.4. The van der Waals surface area contributed by atoms with Crippen molar-refractivity contribution >= 4 is 5.78 Å². The molecular formula is C12H13F3N4O. The number of hydrogen-bond acceptors (Lipinski definition) is 3. The van der Waals surface area contributed by atoms with Gasteiger partial charge >= 0.3 is 6.18 Å². The van der Waals surface area contributed by atoms with Crippen LogP contribution in [0.4, 0.5) is 13.2 Å². The molecule has 8 heteroatoms. The van der Waals surface area contributed by atoms with E-state index < -0.39 is 17.5 Å². The van der Waals surface area contributed by atoms with E-state index >= 15 is 0 Å². The van der Waals surface area contributed by atoms with Crippen LogP contribution in [0.5, 0.6) is 0 Å². The van der Waals surface area contributed by atoms with E-state index in [-0.39, 0.29) is 6.54 Å². The molecule has 0 saturated carbocycles. The smallest absolute Gasteiger partial charge is 0.284 e. The largest absolute Gasteiger partial charge is 0.454 e. The Morgan fingerprint density at radius 1 is 1.40 bits per heavy atom. The summed E-state index contributed by atoms with van der Waals surface area (Å²) in [5.74, 6) is -1.89. The Hall–Kier alpha value is -2.12. The van der Waals surface area contributed by atoms with E-state index in [0.29, 0.717) is 6.54 Å². The summed E-state index contributed by atoms with van der Waals surface area (Å²) >= 11 is 0. The second kappa shape index (κ2) is 5.10. The second-order valence-electron chi connectivity index (χ2n) is 4.35. The molecule has 0 radical (unpaired) electrons. The normalized spacial score (nSPS) is 11.8. The standard InChI is InChI=1S/C12H13F3N4O/c1-3-19-10(4-8(2)17-19)7-18-6-9(5-16-18)11(20)12(13,14)15/h4-6H,3,7H2,1-2H3. The Morgan fingerprint density at radius 2 is 2.10 bits per heavy atom. The lowest BCUT2D eigenvalue weighted by Crippen LogP contribution is -2.22. The van der Waals surface area contributed by atoms with Crippen molar-refractivity contribution in [2.45, 2.75) is 33.1 Å². The minimum Gasteiger partial charge on any atom is -0.284 e. The number of aryl methyl sites for hydroxylation is 2. The first-order chi connectivity index (χ1) is 9.31. The molecule has 0 aliphatic heterocycles. The molecule has 20 heavy (non-hydrogen) atoms. The number of alkyl halides is 3. The number of carbonyl (C=O) groups is 1. The van der Waals surface area contributed by atoms with Crippen LogP contribution >= 0.6 is 0 Å². The molecule has 0 atom stereocenters. The third-order valence-corrected chi connectivity index (χ3v) is 2.76. The van der Waals surface area contributed by atoms with Gasteiger partial charge in [0.15, 0.2) is 0 Å². The van der Waals surface area contributed by atoms with Crippen LogP contribution in [0.25, 0.3) is 0 Å². The minimum atomic E-state index is -4.88. The van der Waals surface area contributed by atoms with Crippen LogP contribution in [0.2, 0.25) is 0 Å². The van der Waals surface area contributed by atoms with Gasteiger partial charge in [0.2, 0.25) is 0 Å². The SMILES string of the molecule is CCn1nc(C)cc1Cn1cc(C(=O)C(F)(F)F)cn1. The predicted molar refractivity (Wildman–Crippen MR) is 64.4 cm³/mol. The van der Waals surface area contributed by atoms with E-state index in [1.807, 2.05) is 19.9 Å². The molecule has 0 unspecified atom stereocenters. The van der Waals surface area contributed by atoms with Gasteiger partial charge in [0, 0.05) is 12.7 Å². The Morgan fingerprint density at radius 3 is 2.70 bits per heavy atom. The summed E-state index contributed by atoms with van der Waals surface area (Å²) in [6.07, 6.45) is -2.86. The first kappa shape index (κ1) is 14.3. The van der Waals surface area contributed by atoms with Gasteiger partial charge in [-0.05, 0) is 19.9 Å². The molecule has 2 rings (SSSR count). The van der Waals surface area contributed by atoms with E-state index in [1.165, 1.54) is 4.68 Å². The Balaban J connectivity index is 2.20. The average Bonchev–Trinajstić information content (AvgIpc) is 2.94. The van der Waals surface area contributed by atoms with E-state index in [4.69, 9.17) is 0 Å². The molecule has 0 amide bonds. The molecule has 2 heterocycles. The Kier molecular flexibility index (Phi) is 3.65. The molecule has 108 valence electrons. The predicted octanol–water partition coefficient (Wildman–Crippen LogP) is 2.20. The van der Waals surface area contributed by atoms with Gasteiger partial charge in [0.1, 0.15) is 0 Å². The Labute approximate surface area is 113 Å². The molecule has 0 bridgehead atoms. The van der Waals surface area contributed by atoms with Gasteiger partial charge in [0.05, 0.1) is 29.7 Å². The van der Waals surface area contributed by atoms with Crippen molar-refractivity contribution in [3.63, 3.8) is 0 Å². The fourth-order valence-electron chi connectivity index (χ4n) is 1.90. The van der Waals surface area contributed by atoms with E-state index in [2.05, 4.69) is 10.2 Å². The maximum absolute atomic E-state index is 12.3. The van der Waals surface area contributed by atoms with Gasteiger partial charge in [-0.15, -0.1) is 0 Å². The monoisotopic (exact) mass is 286 g/mol. The zero-order valence-electron chi connectivity index (χ0n) is 11.0. The summed E-state index contributed by atoms with van der Waals surface area (Å²) in [7, 11) is 0. The van der Waals surface area contributed by atoms with Gasteiger partial charge in [0.25, 0.3) is 5.78 Å². The Bertz CT molecular complexity index is 627. The van der Waals surface area contributed by atoms with Crippen LogP contribution in [0, 0.1) is 6.92 Å². The number of Topliss-reactive ketones (excluding diaryl/α,β-unsaturated/α-hetero) is 1. The summed E-state index contributed by atoms with van der Waals surface area (Å²) in [5.41, 5.74) is 1.18. The highest BCUT2D eigenvalue weighted by molar-refractivity contribution is 5.99. The highest BCUT2D eigenvalue weighted by Crippen LogP contribution is 2.21. The number of ketones is 1. The molecule has 0 fully saturated rings. The second-order valence-corrected chi connectivity index (χ2v) is 4.35. The third-order valence-electron chi connectivity index (χ3n) is 2.76. The number of aromatic nitrogens is 4. The quantitative estimate of drug-likeness (QED) is 0.810. The average molecular weight is 286 g/mol. The third kappa shape index (κ3) is 2.89. The molecule has 2 aromatic rings. The summed E-state index contributed by atoms with van der Waals surface area (Å²) < 4.78 is 39.9. The number of rotatable bonds is 4. The van der Waals surface area contributed by atoms with Crippen LogP contribution in [0.1, 0.15) is 28.7 Å². The lowest BCUT2D eigenvalue weighted by atomic mass is 10.2. The molecule has 0 spiro atoms. The molecule has 0 aliphatic carbocycles. The van der Waals surface area contributed by atoms with Crippen molar-refractivity contribution < 1.29 is 18.0 Å². The molecule has 0 saturated heterocycles. The lowest BCUT2D eigenvalue weighted by Gasteiger charge is -2.04. The lowest BCUT2D eigenvalue weighted by molar-refractivity contribution is -0.0885. The van der Waals surface area contributed by atoms with E-state index in [0.717, 1.165) is 23.8 Å². The summed E-state index contributed by atoms with van der Waals surface area (Å²) in [6.45, 7) is 4.66. The first-order valence-electron chi connectivity index (χ1n) is 5.98. The minimum absolute atomic E-state index is 0.264. The van der Waals surface area contributed by atoms with Crippen LogP contribution in [0.15, 0.2) is 18.5 Å². The van der Waals surface area contributed by atoms with E-state index in [1.54, 1.807) is 4.68 Å². The maximum Gasteiger partial charge on any atom is 0.454 e. The molecule has 0 aromatic carbocycles. The zero-order chi connectivity index (χ0) is 14.9. The van der Waals surface area contributed by atoms with Crippen molar-refractivity contribution in [1.29, 1.82) is 0 Å². The summed E-state index contributed by atoms with van der Waals surface area (Å²) in [4.78, 5) is 11.1.